The summed E-state index contributed by atoms with van der Waals surface area (Å²) in [6.45, 7) is 2.49. The van der Waals surface area contributed by atoms with Crippen LogP contribution in [0.5, 0.6) is 0 Å². The van der Waals surface area contributed by atoms with Gasteiger partial charge in [-0.3, -0.25) is 14.4 Å². The molecule has 0 radical (unpaired) electrons. The van der Waals surface area contributed by atoms with Crippen LogP contribution < -0.4 is 4.90 Å². The quantitative estimate of drug-likeness (QED) is 0.411. The zero-order valence-electron chi connectivity index (χ0n) is 17.8. The average molecular weight is 455 g/mol. The summed E-state index contributed by atoms with van der Waals surface area (Å²) >= 11 is 5.97. The SMILES string of the molecule is CCCN1C(=O)[C@@]2(C(=C(O)c3ccc(Cl)cc3)C(=O)C(=O)N2CCOC)c2ccccc21. The van der Waals surface area contributed by atoms with Gasteiger partial charge in [0.1, 0.15) is 5.76 Å². The third kappa shape index (κ3) is 3.04. The molecule has 1 saturated heterocycles. The number of hydrogen-bond acceptors (Lipinski definition) is 5. The standard InChI is InChI=1S/C24H23ClN2O5/c1-3-12-26-18-7-5-4-6-17(18)24(23(26)31)19(20(28)15-8-10-16(25)11-9-15)21(29)22(30)27(24)13-14-32-2/h4-11,28H,3,12-14H2,1-2H3/t24-/m0/s1. The van der Waals surface area contributed by atoms with E-state index in [4.69, 9.17) is 16.3 Å². The largest absolute Gasteiger partial charge is 0.507 e. The number of aliphatic hydroxyl groups excluding tert-OH is 1. The monoisotopic (exact) mass is 454 g/mol. The highest BCUT2D eigenvalue weighted by atomic mass is 35.5. The molecule has 2 heterocycles. The lowest BCUT2D eigenvalue weighted by Gasteiger charge is -2.34. The van der Waals surface area contributed by atoms with E-state index in [1.54, 1.807) is 53.4 Å². The molecule has 166 valence electrons. The van der Waals surface area contributed by atoms with Gasteiger partial charge >= 0.3 is 0 Å². The summed E-state index contributed by atoms with van der Waals surface area (Å²) in [7, 11) is 1.48. The minimum absolute atomic E-state index is 0.0124. The minimum atomic E-state index is -1.76. The summed E-state index contributed by atoms with van der Waals surface area (Å²) in [6.07, 6.45) is 0.679. The molecule has 2 aliphatic rings. The molecular weight excluding hydrogens is 432 g/mol. The van der Waals surface area contributed by atoms with Crippen molar-refractivity contribution in [3.63, 3.8) is 0 Å². The van der Waals surface area contributed by atoms with E-state index in [0.717, 1.165) is 0 Å². The van der Waals surface area contributed by atoms with Gasteiger partial charge in [-0.1, -0.05) is 36.7 Å². The lowest BCUT2D eigenvalue weighted by Crippen LogP contribution is -2.52. The molecule has 0 aromatic heterocycles. The number of amides is 2. The van der Waals surface area contributed by atoms with Crippen molar-refractivity contribution in [3.05, 3.63) is 70.3 Å². The number of benzene rings is 2. The van der Waals surface area contributed by atoms with Gasteiger partial charge in [-0.2, -0.15) is 0 Å². The highest BCUT2D eigenvalue weighted by molar-refractivity contribution is 6.50. The third-order valence-electron chi connectivity index (χ3n) is 5.89. The van der Waals surface area contributed by atoms with Gasteiger partial charge in [0.25, 0.3) is 17.6 Å². The van der Waals surface area contributed by atoms with Crippen LogP contribution in [0.3, 0.4) is 0 Å². The number of fused-ring (bicyclic) bond motifs is 2. The fraction of sp³-hybridized carbons (Fsp3) is 0.292. The second-order valence-corrected chi connectivity index (χ2v) is 8.13. The topological polar surface area (TPSA) is 87.2 Å². The number of likely N-dealkylation sites (tertiary alicyclic amines) is 1. The Balaban J connectivity index is 2.05. The van der Waals surface area contributed by atoms with Gasteiger partial charge in [0.15, 0.2) is 5.54 Å². The predicted octanol–water partition coefficient (Wildman–Crippen LogP) is 3.32. The number of ether oxygens (including phenoxy) is 1. The van der Waals surface area contributed by atoms with E-state index in [1.807, 2.05) is 6.92 Å². The summed E-state index contributed by atoms with van der Waals surface area (Å²) in [4.78, 5) is 43.3. The molecule has 1 atom stereocenters. The molecule has 1 spiro atoms. The number of carbonyl (C=O) groups excluding carboxylic acids is 3. The van der Waals surface area contributed by atoms with Crippen molar-refractivity contribution in [2.45, 2.75) is 18.9 Å². The fourth-order valence-corrected chi connectivity index (χ4v) is 4.67. The Kier molecular flexibility index (Phi) is 5.79. The van der Waals surface area contributed by atoms with Gasteiger partial charge in [-0.25, -0.2) is 0 Å². The van der Waals surface area contributed by atoms with E-state index in [2.05, 4.69) is 0 Å². The molecule has 7 nitrogen and oxygen atoms in total. The second-order valence-electron chi connectivity index (χ2n) is 7.69. The fourth-order valence-electron chi connectivity index (χ4n) is 4.55. The van der Waals surface area contributed by atoms with E-state index < -0.39 is 28.9 Å². The maximum absolute atomic E-state index is 14.0. The van der Waals surface area contributed by atoms with Crippen LogP contribution in [0.1, 0.15) is 24.5 Å². The molecule has 4 rings (SSSR count). The number of methoxy groups -OCH3 is 1. The number of aliphatic hydroxyl groups is 1. The summed E-state index contributed by atoms with van der Waals surface area (Å²) in [5.74, 6) is -2.61. The van der Waals surface area contributed by atoms with Gasteiger partial charge in [0.2, 0.25) is 0 Å². The van der Waals surface area contributed by atoms with Gasteiger partial charge in [0.05, 0.1) is 17.9 Å². The van der Waals surface area contributed by atoms with E-state index in [-0.39, 0.29) is 24.3 Å². The van der Waals surface area contributed by atoms with Crippen LogP contribution in [-0.4, -0.2) is 54.4 Å². The van der Waals surface area contributed by atoms with Crippen molar-refractivity contribution in [1.29, 1.82) is 0 Å². The van der Waals surface area contributed by atoms with Crippen molar-refractivity contribution in [2.24, 2.45) is 0 Å². The van der Waals surface area contributed by atoms with Crippen LogP contribution in [0.4, 0.5) is 5.69 Å². The molecule has 2 aromatic carbocycles. The molecule has 2 aliphatic heterocycles. The molecule has 1 fully saturated rings. The molecule has 2 amide bonds. The first kappa shape index (κ1) is 22.0. The van der Waals surface area contributed by atoms with Crippen LogP contribution in [0.25, 0.3) is 5.76 Å². The van der Waals surface area contributed by atoms with E-state index in [1.165, 1.54) is 12.0 Å². The Labute approximate surface area is 190 Å². The number of anilines is 1. The molecular formula is C24H23ClN2O5. The zero-order chi connectivity index (χ0) is 23.0. The highest BCUT2D eigenvalue weighted by Gasteiger charge is 2.66. The number of hydrogen-bond donors (Lipinski definition) is 1. The van der Waals surface area contributed by atoms with Crippen LogP contribution >= 0.6 is 11.6 Å². The maximum Gasteiger partial charge on any atom is 0.296 e. The van der Waals surface area contributed by atoms with Crippen LogP contribution in [0, 0.1) is 0 Å². The van der Waals surface area contributed by atoms with Crippen molar-refractivity contribution < 1.29 is 24.2 Å². The second kappa shape index (κ2) is 8.41. The molecule has 2 aromatic rings. The number of carbonyl (C=O) groups is 3. The van der Waals surface area contributed by atoms with Gasteiger partial charge in [0, 0.05) is 36.3 Å². The Morgan fingerprint density at radius 1 is 1.06 bits per heavy atom. The lowest BCUT2D eigenvalue weighted by atomic mass is 9.82. The number of Topliss-reactive ketones (excluding diaryl/α,β-unsaturated/α-hetero) is 1. The van der Waals surface area contributed by atoms with Gasteiger partial charge < -0.3 is 19.6 Å². The van der Waals surface area contributed by atoms with E-state index >= 15 is 0 Å². The molecule has 0 bridgehead atoms. The smallest absolute Gasteiger partial charge is 0.296 e. The predicted molar refractivity (Wildman–Crippen MR) is 120 cm³/mol. The summed E-state index contributed by atoms with van der Waals surface area (Å²) in [5, 5.41) is 11.7. The summed E-state index contributed by atoms with van der Waals surface area (Å²) < 4.78 is 5.16. The Bertz CT molecular complexity index is 1130. The summed E-state index contributed by atoms with van der Waals surface area (Å²) in [6, 6.07) is 13.3. The maximum atomic E-state index is 14.0. The number of halogens is 1. The molecule has 32 heavy (non-hydrogen) atoms. The van der Waals surface area contributed by atoms with Crippen LogP contribution in [-0.2, 0) is 24.7 Å². The Morgan fingerprint density at radius 3 is 2.41 bits per heavy atom. The van der Waals surface area contributed by atoms with Crippen molar-refractivity contribution in [3.8, 4) is 0 Å². The van der Waals surface area contributed by atoms with Crippen molar-refractivity contribution in [2.75, 3.05) is 31.7 Å². The number of nitrogens with zero attached hydrogens (tertiary/aromatic N) is 2. The zero-order valence-corrected chi connectivity index (χ0v) is 18.6. The van der Waals surface area contributed by atoms with Crippen LogP contribution in [0.15, 0.2) is 54.1 Å². The number of para-hydroxylation sites is 1. The van der Waals surface area contributed by atoms with E-state index in [9.17, 15) is 19.5 Å². The average Bonchev–Trinajstić information content (AvgIpc) is 3.17. The summed E-state index contributed by atoms with van der Waals surface area (Å²) in [5.41, 5.74) is -0.605. The first-order valence-electron chi connectivity index (χ1n) is 10.4. The van der Waals surface area contributed by atoms with Crippen LogP contribution in [0.2, 0.25) is 5.02 Å². The molecule has 8 heteroatoms. The lowest BCUT2D eigenvalue weighted by molar-refractivity contribution is -0.144. The van der Waals surface area contributed by atoms with Crippen molar-refractivity contribution in [1.82, 2.24) is 4.90 Å². The Hall–Kier alpha value is -3.16. The van der Waals surface area contributed by atoms with Gasteiger partial charge in [-0.15, -0.1) is 0 Å². The third-order valence-corrected chi connectivity index (χ3v) is 6.15. The van der Waals surface area contributed by atoms with Crippen molar-refractivity contribution >= 4 is 40.6 Å². The van der Waals surface area contributed by atoms with Gasteiger partial charge in [-0.05, 0) is 36.8 Å². The normalized spacial score (nSPS) is 21.7. The molecule has 1 N–H and O–H groups in total. The first-order chi connectivity index (χ1) is 15.4. The number of ketones is 1. The number of rotatable bonds is 6. The minimum Gasteiger partial charge on any atom is -0.507 e. The highest BCUT2D eigenvalue weighted by Crippen LogP contribution is 2.53. The van der Waals surface area contributed by atoms with E-state index in [0.29, 0.717) is 29.2 Å². The molecule has 0 saturated carbocycles. The molecule has 0 unspecified atom stereocenters. The Morgan fingerprint density at radius 2 is 1.75 bits per heavy atom. The molecule has 0 aliphatic carbocycles. The first-order valence-corrected chi connectivity index (χ1v) is 10.7.